The van der Waals surface area contributed by atoms with Crippen molar-refractivity contribution in [3.8, 4) is 17.3 Å². The lowest BCUT2D eigenvalue weighted by atomic mass is 10.1. The molecule has 0 aliphatic rings. The number of H-pyrrole nitrogens is 1. The fourth-order valence-electron chi connectivity index (χ4n) is 2.54. The van der Waals surface area contributed by atoms with Crippen molar-refractivity contribution in [2.24, 2.45) is 0 Å². The summed E-state index contributed by atoms with van der Waals surface area (Å²) >= 11 is 0. The normalized spacial score (nSPS) is 10.7. The zero-order valence-corrected chi connectivity index (χ0v) is 12.1. The van der Waals surface area contributed by atoms with Gasteiger partial charge in [-0.15, -0.1) is 5.10 Å². The van der Waals surface area contributed by atoms with Crippen LogP contribution in [0.2, 0.25) is 0 Å². The lowest BCUT2D eigenvalue weighted by molar-refractivity contribution is 0.649. The van der Waals surface area contributed by atoms with Crippen LogP contribution in [0.1, 0.15) is 11.1 Å². The van der Waals surface area contributed by atoms with Crippen LogP contribution < -0.4 is 0 Å². The van der Waals surface area contributed by atoms with E-state index in [4.69, 9.17) is 5.26 Å². The Kier molecular flexibility index (Phi) is 3.10. The van der Waals surface area contributed by atoms with E-state index in [1.165, 1.54) is 0 Å². The number of fused-ring (bicyclic) bond motifs is 1. The highest BCUT2D eigenvalue weighted by Crippen LogP contribution is 2.21. The summed E-state index contributed by atoms with van der Waals surface area (Å²) in [5.41, 5.74) is 4.47. The molecule has 2 aromatic carbocycles. The topological polar surface area (TPSA) is 83.2 Å². The fourth-order valence-corrected chi connectivity index (χ4v) is 2.54. The molecule has 2 aromatic heterocycles. The Morgan fingerprint density at radius 3 is 3.04 bits per heavy atom. The second-order valence-corrected chi connectivity index (χ2v) is 5.29. The summed E-state index contributed by atoms with van der Waals surface area (Å²) in [7, 11) is 0. The number of hydrogen-bond donors (Lipinski definition) is 1. The summed E-state index contributed by atoms with van der Waals surface area (Å²) in [5.74, 6) is 0. The highest BCUT2D eigenvalue weighted by molar-refractivity contribution is 5.83. The third-order valence-electron chi connectivity index (χ3n) is 3.68. The number of nitriles is 1. The third kappa shape index (κ3) is 2.56. The lowest BCUT2D eigenvalue weighted by Crippen LogP contribution is -2.00. The first-order chi connectivity index (χ1) is 11.3. The Morgan fingerprint density at radius 1 is 1.17 bits per heavy atom. The van der Waals surface area contributed by atoms with Crippen LogP contribution in [0.4, 0.5) is 0 Å². The van der Waals surface area contributed by atoms with E-state index in [1.807, 2.05) is 42.6 Å². The van der Waals surface area contributed by atoms with Gasteiger partial charge in [-0.3, -0.25) is 5.10 Å². The van der Waals surface area contributed by atoms with E-state index >= 15 is 0 Å². The molecule has 0 amide bonds. The molecule has 0 radical (unpaired) electrons. The molecule has 0 bridgehead atoms. The largest absolute Gasteiger partial charge is 0.278 e. The number of rotatable bonds is 3. The maximum Gasteiger partial charge on any atom is 0.113 e. The van der Waals surface area contributed by atoms with Crippen LogP contribution in [-0.2, 0) is 6.54 Å². The summed E-state index contributed by atoms with van der Waals surface area (Å²) in [6.45, 7) is 0.580. The highest BCUT2D eigenvalue weighted by Gasteiger charge is 2.06. The molecule has 6 nitrogen and oxygen atoms in total. The van der Waals surface area contributed by atoms with E-state index in [2.05, 4.69) is 26.6 Å². The fraction of sp³-hybridized carbons (Fsp3) is 0.0588. The van der Waals surface area contributed by atoms with Gasteiger partial charge >= 0.3 is 0 Å². The van der Waals surface area contributed by atoms with Gasteiger partial charge in [-0.1, -0.05) is 23.4 Å². The summed E-state index contributed by atoms with van der Waals surface area (Å²) in [6, 6.07) is 15.6. The molecule has 23 heavy (non-hydrogen) atoms. The molecule has 4 aromatic rings. The van der Waals surface area contributed by atoms with E-state index in [0.717, 1.165) is 27.7 Å². The molecule has 2 heterocycles. The van der Waals surface area contributed by atoms with Crippen molar-refractivity contribution in [1.29, 1.82) is 5.26 Å². The molecule has 0 aliphatic heterocycles. The Hall–Kier alpha value is -3.46. The highest BCUT2D eigenvalue weighted by atomic mass is 15.4. The Morgan fingerprint density at radius 2 is 2.13 bits per heavy atom. The van der Waals surface area contributed by atoms with Crippen LogP contribution in [0, 0.1) is 11.3 Å². The quantitative estimate of drug-likeness (QED) is 0.630. The van der Waals surface area contributed by atoms with Crippen LogP contribution in [-0.4, -0.2) is 25.2 Å². The van der Waals surface area contributed by atoms with E-state index < -0.39 is 0 Å². The molecule has 0 fully saturated rings. The smallest absolute Gasteiger partial charge is 0.113 e. The number of benzene rings is 2. The average molecular weight is 300 g/mol. The number of nitrogens with one attached hydrogen (secondary N) is 1. The zero-order valence-electron chi connectivity index (χ0n) is 12.1. The minimum atomic E-state index is 0.580. The molecule has 0 saturated heterocycles. The molecule has 4 rings (SSSR count). The van der Waals surface area contributed by atoms with Crippen molar-refractivity contribution in [3.05, 3.63) is 66.0 Å². The van der Waals surface area contributed by atoms with Gasteiger partial charge in [0.05, 0.1) is 36.1 Å². The third-order valence-corrected chi connectivity index (χ3v) is 3.68. The van der Waals surface area contributed by atoms with Gasteiger partial charge in [0.25, 0.3) is 0 Å². The van der Waals surface area contributed by atoms with Gasteiger partial charge in [-0.05, 0) is 29.8 Å². The van der Waals surface area contributed by atoms with Crippen LogP contribution in [0.3, 0.4) is 0 Å². The van der Waals surface area contributed by atoms with E-state index in [1.54, 1.807) is 16.9 Å². The van der Waals surface area contributed by atoms with Crippen molar-refractivity contribution < 1.29 is 0 Å². The predicted octanol–water partition coefficient (Wildman–Crippen LogP) is 2.74. The summed E-state index contributed by atoms with van der Waals surface area (Å²) in [4.78, 5) is 0. The molecule has 0 saturated carbocycles. The molecular formula is C17H12N6. The average Bonchev–Trinajstić information content (AvgIpc) is 3.23. The van der Waals surface area contributed by atoms with Gasteiger partial charge in [0, 0.05) is 10.9 Å². The lowest BCUT2D eigenvalue weighted by Gasteiger charge is -2.01. The van der Waals surface area contributed by atoms with E-state index in [0.29, 0.717) is 12.1 Å². The molecule has 110 valence electrons. The maximum atomic E-state index is 8.96. The Balaban J connectivity index is 1.62. The van der Waals surface area contributed by atoms with Crippen LogP contribution in [0.25, 0.3) is 22.2 Å². The summed E-state index contributed by atoms with van der Waals surface area (Å²) in [5, 5.41) is 25.4. The minimum absolute atomic E-state index is 0.580. The van der Waals surface area contributed by atoms with Crippen molar-refractivity contribution in [1.82, 2.24) is 25.2 Å². The van der Waals surface area contributed by atoms with Crippen molar-refractivity contribution in [2.45, 2.75) is 6.54 Å². The second-order valence-electron chi connectivity index (χ2n) is 5.29. The summed E-state index contributed by atoms with van der Waals surface area (Å²) < 4.78 is 1.77. The first-order valence-electron chi connectivity index (χ1n) is 7.14. The van der Waals surface area contributed by atoms with Crippen LogP contribution >= 0.6 is 0 Å². The minimum Gasteiger partial charge on any atom is -0.278 e. The van der Waals surface area contributed by atoms with Gasteiger partial charge in [0.2, 0.25) is 0 Å². The van der Waals surface area contributed by atoms with E-state index in [9.17, 15) is 0 Å². The van der Waals surface area contributed by atoms with Crippen LogP contribution in [0.5, 0.6) is 0 Å². The van der Waals surface area contributed by atoms with Gasteiger partial charge in [0.1, 0.15) is 5.69 Å². The zero-order chi connectivity index (χ0) is 15.6. The van der Waals surface area contributed by atoms with Crippen LogP contribution in [0.15, 0.2) is 54.9 Å². The predicted molar refractivity (Wildman–Crippen MR) is 85.4 cm³/mol. The van der Waals surface area contributed by atoms with Gasteiger partial charge in [-0.2, -0.15) is 10.4 Å². The van der Waals surface area contributed by atoms with E-state index in [-0.39, 0.29) is 0 Å². The molecule has 0 atom stereocenters. The molecular weight excluding hydrogens is 288 g/mol. The number of aromatic nitrogens is 5. The van der Waals surface area contributed by atoms with Gasteiger partial charge < -0.3 is 0 Å². The first kappa shape index (κ1) is 13.2. The molecule has 0 spiro atoms. The second kappa shape index (κ2) is 5.39. The number of hydrogen-bond acceptors (Lipinski definition) is 4. The standard InChI is InChI=1S/C17H12N6/c18-8-12-2-1-3-13(6-12)10-23-11-17(21-22-23)14-4-5-16-15(7-14)9-19-20-16/h1-7,9,11H,10H2,(H,19,20). The van der Waals surface area contributed by atoms with Crippen molar-refractivity contribution in [3.63, 3.8) is 0 Å². The molecule has 6 heteroatoms. The monoisotopic (exact) mass is 300 g/mol. The van der Waals surface area contributed by atoms with Gasteiger partial charge in [0.15, 0.2) is 0 Å². The van der Waals surface area contributed by atoms with Crippen molar-refractivity contribution >= 4 is 10.9 Å². The molecule has 0 unspecified atom stereocenters. The van der Waals surface area contributed by atoms with Gasteiger partial charge in [-0.25, -0.2) is 4.68 Å². The SMILES string of the molecule is N#Cc1cccc(Cn2cc(-c3ccc4[nH]ncc4c3)nn2)c1. The number of nitrogens with zero attached hydrogens (tertiary/aromatic N) is 5. The Labute approximate surface area is 132 Å². The number of aromatic amines is 1. The molecule has 0 aliphatic carbocycles. The Bertz CT molecular complexity index is 1020. The molecule has 1 N–H and O–H groups in total. The van der Waals surface area contributed by atoms with Crippen molar-refractivity contribution in [2.75, 3.05) is 0 Å². The first-order valence-corrected chi connectivity index (χ1v) is 7.14. The maximum absolute atomic E-state index is 8.96. The summed E-state index contributed by atoms with van der Waals surface area (Å²) in [6.07, 6.45) is 3.69.